The van der Waals surface area contributed by atoms with E-state index in [4.69, 9.17) is 0 Å². The van der Waals surface area contributed by atoms with Crippen LogP contribution in [-0.4, -0.2) is 31.1 Å². The summed E-state index contributed by atoms with van der Waals surface area (Å²) < 4.78 is 0. The molecular formula is C18H19N5OS. The molecule has 0 bridgehead atoms. The molecule has 128 valence electrons. The molecule has 2 aromatic heterocycles. The molecule has 1 aliphatic rings. The number of carbonyl (C=O) groups is 1. The number of hydrogen-bond donors (Lipinski definition) is 2. The average Bonchev–Trinajstić information content (AvgIpc) is 3.12. The quantitative estimate of drug-likeness (QED) is 0.556. The summed E-state index contributed by atoms with van der Waals surface area (Å²) in [5, 5.41) is 3.70. The lowest BCUT2D eigenvalue weighted by Gasteiger charge is -2.27. The van der Waals surface area contributed by atoms with Crippen molar-refractivity contribution in [2.75, 3.05) is 0 Å². The van der Waals surface area contributed by atoms with Gasteiger partial charge in [-0.3, -0.25) is 4.79 Å². The van der Waals surface area contributed by atoms with Crippen LogP contribution in [0, 0.1) is 0 Å². The second kappa shape index (κ2) is 6.84. The summed E-state index contributed by atoms with van der Waals surface area (Å²) in [4.78, 5) is 28.3. The Kier molecular flexibility index (Phi) is 4.40. The topological polar surface area (TPSA) is 83.6 Å². The predicted molar refractivity (Wildman–Crippen MR) is 97.3 cm³/mol. The minimum Gasteiger partial charge on any atom is -0.348 e. The lowest BCUT2D eigenvalue weighted by molar-refractivity contribution is -0.121. The van der Waals surface area contributed by atoms with Gasteiger partial charge in [-0.1, -0.05) is 36.0 Å². The van der Waals surface area contributed by atoms with Crippen molar-refractivity contribution in [1.82, 2.24) is 25.3 Å². The Morgan fingerprint density at radius 3 is 3.12 bits per heavy atom. The number of nitrogens with one attached hydrogen (secondary N) is 2. The molecule has 2 N–H and O–H groups in total. The Balaban J connectivity index is 1.47. The van der Waals surface area contributed by atoms with Crippen molar-refractivity contribution in [2.45, 2.75) is 42.5 Å². The predicted octanol–water partition coefficient (Wildman–Crippen LogP) is 3.03. The van der Waals surface area contributed by atoms with Crippen molar-refractivity contribution in [3.8, 4) is 0 Å². The number of amides is 1. The van der Waals surface area contributed by atoms with E-state index >= 15 is 0 Å². The molecule has 1 amide bonds. The molecule has 1 aromatic carbocycles. The maximum atomic E-state index is 12.7. The first kappa shape index (κ1) is 16.1. The van der Waals surface area contributed by atoms with Crippen LogP contribution in [-0.2, 0) is 11.2 Å². The molecule has 0 aliphatic heterocycles. The highest BCUT2D eigenvalue weighted by Gasteiger charge is 2.24. The SMILES string of the molecule is C[C@H](Sc1ncnc2nc[nH]c12)C(=O)N[C@H]1CCCc2ccccc21. The normalized spacial score (nSPS) is 17.9. The average molecular weight is 353 g/mol. The molecule has 4 rings (SSSR count). The van der Waals surface area contributed by atoms with E-state index in [1.165, 1.54) is 29.2 Å². The number of aryl methyl sites for hydroxylation is 1. The standard InChI is InChI=1S/C18H19N5OS/c1-11(25-18-15-16(20-9-19-15)21-10-22-18)17(24)23-14-8-4-6-12-5-2-3-7-13(12)14/h2-3,5,7,9-11,14H,4,6,8H2,1H3,(H,23,24)(H,19,20,21,22)/t11-,14-/m0/s1. The molecular weight excluding hydrogens is 334 g/mol. The van der Waals surface area contributed by atoms with Gasteiger partial charge in [0.15, 0.2) is 5.65 Å². The van der Waals surface area contributed by atoms with Crippen molar-refractivity contribution in [3.63, 3.8) is 0 Å². The van der Waals surface area contributed by atoms with Crippen molar-refractivity contribution >= 4 is 28.8 Å². The minimum absolute atomic E-state index is 0.0259. The van der Waals surface area contributed by atoms with Gasteiger partial charge in [0.25, 0.3) is 0 Å². The Labute approximate surface area is 149 Å². The van der Waals surface area contributed by atoms with Crippen LogP contribution < -0.4 is 5.32 Å². The van der Waals surface area contributed by atoms with E-state index in [0.29, 0.717) is 5.65 Å². The van der Waals surface area contributed by atoms with E-state index in [-0.39, 0.29) is 17.2 Å². The maximum absolute atomic E-state index is 12.7. The number of imidazole rings is 1. The van der Waals surface area contributed by atoms with Crippen LogP contribution in [0.1, 0.15) is 36.9 Å². The van der Waals surface area contributed by atoms with E-state index in [1.807, 2.05) is 13.0 Å². The van der Waals surface area contributed by atoms with Gasteiger partial charge in [0.1, 0.15) is 16.9 Å². The molecule has 3 aromatic rings. The zero-order chi connectivity index (χ0) is 17.2. The Morgan fingerprint density at radius 2 is 2.20 bits per heavy atom. The summed E-state index contributed by atoms with van der Waals surface area (Å²) in [6.45, 7) is 1.90. The van der Waals surface area contributed by atoms with Crippen LogP contribution in [0.15, 0.2) is 41.9 Å². The smallest absolute Gasteiger partial charge is 0.233 e. The van der Waals surface area contributed by atoms with Crippen LogP contribution >= 0.6 is 11.8 Å². The molecule has 1 aliphatic carbocycles. The third kappa shape index (κ3) is 3.24. The molecule has 7 heteroatoms. The molecule has 0 fully saturated rings. The van der Waals surface area contributed by atoms with Crippen LogP contribution in [0.5, 0.6) is 0 Å². The summed E-state index contributed by atoms with van der Waals surface area (Å²) in [5.41, 5.74) is 3.98. The van der Waals surface area contributed by atoms with Crippen LogP contribution in [0.3, 0.4) is 0 Å². The molecule has 2 heterocycles. The number of aromatic nitrogens is 4. The number of hydrogen-bond acceptors (Lipinski definition) is 5. The number of H-pyrrole nitrogens is 1. The highest BCUT2D eigenvalue weighted by Crippen LogP contribution is 2.31. The highest BCUT2D eigenvalue weighted by molar-refractivity contribution is 8.00. The fourth-order valence-corrected chi connectivity index (χ4v) is 4.13. The number of benzene rings is 1. The zero-order valence-electron chi connectivity index (χ0n) is 13.9. The lowest BCUT2D eigenvalue weighted by atomic mass is 9.88. The number of aromatic amines is 1. The highest BCUT2D eigenvalue weighted by atomic mass is 32.2. The first-order chi connectivity index (χ1) is 12.2. The molecule has 0 saturated heterocycles. The number of nitrogens with zero attached hydrogens (tertiary/aromatic N) is 3. The largest absolute Gasteiger partial charge is 0.348 e. The number of rotatable bonds is 4. The molecule has 6 nitrogen and oxygen atoms in total. The third-order valence-electron chi connectivity index (χ3n) is 4.53. The van der Waals surface area contributed by atoms with Crippen molar-refractivity contribution in [1.29, 1.82) is 0 Å². The zero-order valence-corrected chi connectivity index (χ0v) is 14.7. The van der Waals surface area contributed by atoms with E-state index < -0.39 is 0 Å². The van der Waals surface area contributed by atoms with Gasteiger partial charge in [-0.25, -0.2) is 15.0 Å². The van der Waals surface area contributed by atoms with E-state index in [1.54, 1.807) is 6.33 Å². The number of carbonyl (C=O) groups excluding carboxylic acids is 1. The van der Waals surface area contributed by atoms with E-state index in [0.717, 1.165) is 29.8 Å². The summed E-state index contributed by atoms with van der Waals surface area (Å²) in [6.07, 6.45) is 6.24. The molecule has 25 heavy (non-hydrogen) atoms. The van der Waals surface area contributed by atoms with Crippen molar-refractivity contribution in [3.05, 3.63) is 48.0 Å². The summed E-state index contributed by atoms with van der Waals surface area (Å²) >= 11 is 1.42. The third-order valence-corrected chi connectivity index (χ3v) is 5.63. The molecule has 2 atom stereocenters. The van der Waals surface area contributed by atoms with Gasteiger partial charge in [-0.15, -0.1) is 0 Å². The molecule has 0 spiro atoms. The van der Waals surface area contributed by atoms with Crippen molar-refractivity contribution < 1.29 is 4.79 Å². The van der Waals surface area contributed by atoms with Gasteiger partial charge in [-0.2, -0.15) is 0 Å². The Hall–Kier alpha value is -2.41. The van der Waals surface area contributed by atoms with E-state index in [9.17, 15) is 4.79 Å². The van der Waals surface area contributed by atoms with Gasteiger partial charge < -0.3 is 10.3 Å². The fraction of sp³-hybridized carbons (Fsp3) is 0.333. The summed E-state index contributed by atoms with van der Waals surface area (Å²) in [6, 6.07) is 8.47. The Morgan fingerprint density at radius 1 is 1.32 bits per heavy atom. The molecule has 0 unspecified atom stereocenters. The van der Waals surface area contributed by atoms with Gasteiger partial charge in [-0.05, 0) is 37.3 Å². The van der Waals surface area contributed by atoms with Crippen LogP contribution in [0.25, 0.3) is 11.2 Å². The second-order valence-corrected chi connectivity index (χ2v) is 7.52. The number of fused-ring (bicyclic) bond motifs is 2. The van der Waals surface area contributed by atoms with Crippen LogP contribution in [0.2, 0.25) is 0 Å². The second-order valence-electron chi connectivity index (χ2n) is 6.19. The molecule has 0 radical (unpaired) electrons. The van der Waals surface area contributed by atoms with Gasteiger partial charge in [0, 0.05) is 0 Å². The van der Waals surface area contributed by atoms with Gasteiger partial charge in [0.05, 0.1) is 17.6 Å². The minimum atomic E-state index is -0.254. The maximum Gasteiger partial charge on any atom is 0.233 e. The first-order valence-electron chi connectivity index (χ1n) is 8.41. The molecule has 0 saturated carbocycles. The number of thioether (sulfide) groups is 1. The lowest BCUT2D eigenvalue weighted by Crippen LogP contribution is -2.35. The van der Waals surface area contributed by atoms with Gasteiger partial charge >= 0.3 is 0 Å². The summed E-state index contributed by atoms with van der Waals surface area (Å²) in [7, 11) is 0. The Bertz CT molecular complexity index is 909. The summed E-state index contributed by atoms with van der Waals surface area (Å²) in [5.74, 6) is 0.0259. The fourth-order valence-electron chi connectivity index (χ4n) is 3.25. The van der Waals surface area contributed by atoms with Crippen LogP contribution in [0.4, 0.5) is 0 Å². The van der Waals surface area contributed by atoms with Crippen molar-refractivity contribution in [2.24, 2.45) is 0 Å². The van der Waals surface area contributed by atoms with E-state index in [2.05, 4.69) is 43.5 Å². The first-order valence-corrected chi connectivity index (χ1v) is 9.29. The van der Waals surface area contributed by atoms with Gasteiger partial charge in [0.2, 0.25) is 5.91 Å². The monoisotopic (exact) mass is 353 g/mol.